The number of aryl methyl sites for hydroxylation is 1. The molecule has 1 amide bonds. The van der Waals surface area contributed by atoms with E-state index in [1.807, 2.05) is 0 Å². The minimum Gasteiger partial charge on any atom is -0.464 e. The second kappa shape index (κ2) is 14.0. The second-order valence-electron chi connectivity index (χ2n) is 7.16. The van der Waals surface area contributed by atoms with Crippen LogP contribution in [0.3, 0.4) is 0 Å². The van der Waals surface area contributed by atoms with E-state index in [4.69, 9.17) is 41.7 Å². The number of hydrogen-bond acceptors (Lipinski definition) is 8. The first kappa shape index (κ1) is 30.4. The van der Waals surface area contributed by atoms with Gasteiger partial charge < -0.3 is 23.8 Å². The molecule has 1 aromatic rings. The van der Waals surface area contributed by atoms with Crippen molar-refractivity contribution >= 4 is 48.6 Å². The average molecular weight is 540 g/mol. The summed E-state index contributed by atoms with van der Waals surface area (Å²) >= 11 is 12.5. The molecule has 34 heavy (non-hydrogen) atoms. The minimum absolute atomic E-state index is 0.0194. The Morgan fingerprint density at radius 2 is 1.35 bits per heavy atom. The third-order valence-electron chi connectivity index (χ3n) is 4.64. The first-order valence-electron chi connectivity index (χ1n) is 11.0. The molecule has 0 fully saturated rings. The standard InChI is InChI=1S/C22H32Cl2NO8P/c1-6-30-20(27)22(25-15(5)26,21(28)31-7-2)14-17-13-19(24)18(23)12-16(17)10-11-34(29,32-8-3)33-9-4/h12-13H,6-11,14H2,1-5H3,(H,25,26). The van der Waals surface area contributed by atoms with Crippen LogP contribution in [0.2, 0.25) is 10.0 Å². The Kier molecular flexibility index (Phi) is 12.6. The van der Waals surface area contributed by atoms with Crippen LogP contribution in [-0.4, -0.2) is 56.0 Å². The van der Waals surface area contributed by atoms with Gasteiger partial charge in [0.1, 0.15) is 0 Å². The van der Waals surface area contributed by atoms with Crippen molar-refractivity contribution in [1.29, 1.82) is 0 Å². The van der Waals surface area contributed by atoms with Gasteiger partial charge in [-0.3, -0.25) is 9.36 Å². The van der Waals surface area contributed by atoms with Crippen LogP contribution in [-0.2, 0) is 50.3 Å². The van der Waals surface area contributed by atoms with E-state index in [0.29, 0.717) is 11.1 Å². The molecule has 0 aliphatic heterocycles. The maximum atomic E-state index is 13.0. The fourth-order valence-corrected chi connectivity index (χ4v) is 5.32. The molecular formula is C22H32Cl2NO8P. The predicted octanol–water partition coefficient (Wildman–Crippen LogP) is 4.35. The Morgan fingerprint density at radius 1 is 0.882 bits per heavy atom. The van der Waals surface area contributed by atoms with Crippen LogP contribution in [0.5, 0.6) is 0 Å². The maximum Gasteiger partial charge on any atom is 0.344 e. The zero-order valence-electron chi connectivity index (χ0n) is 20.1. The zero-order chi connectivity index (χ0) is 25.9. The number of amides is 1. The fraction of sp³-hybridized carbons (Fsp3) is 0.591. The van der Waals surface area contributed by atoms with E-state index in [2.05, 4.69) is 5.32 Å². The normalized spacial score (nSPS) is 11.7. The number of carbonyl (C=O) groups excluding carboxylic acids is 3. The predicted molar refractivity (Wildman–Crippen MR) is 129 cm³/mol. The molecule has 1 rings (SSSR count). The molecule has 0 aromatic heterocycles. The van der Waals surface area contributed by atoms with Crippen LogP contribution < -0.4 is 5.32 Å². The van der Waals surface area contributed by atoms with Crippen LogP contribution in [0.25, 0.3) is 0 Å². The summed E-state index contributed by atoms with van der Waals surface area (Å²) in [5.41, 5.74) is -1.21. The fourth-order valence-electron chi connectivity index (χ4n) is 3.31. The monoisotopic (exact) mass is 539 g/mol. The quantitative estimate of drug-likeness (QED) is 0.210. The lowest BCUT2D eigenvalue weighted by Gasteiger charge is -2.30. The molecule has 12 heteroatoms. The van der Waals surface area contributed by atoms with Crippen molar-refractivity contribution in [2.24, 2.45) is 0 Å². The first-order valence-corrected chi connectivity index (χ1v) is 13.4. The molecule has 0 atom stereocenters. The van der Waals surface area contributed by atoms with E-state index in [1.165, 1.54) is 13.0 Å². The number of rotatable bonds is 14. The van der Waals surface area contributed by atoms with E-state index >= 15 is 0 Å². The minimum atomic E-state index is -3.39. The number of halogens is 2. The summed E-state index contributed by atoms with van der Waals surface area (Å²) in [6.07, 6.45) is -0.138. The summed E-state index contributed by atoms with van der Waals surface area (Å²) in [6, 6.07) is 3.04. The highest BCUT2D eigenvalue weighted by molar-refractivity contribution is 7.53. The highest BCUT2D eigenvalue weighted by atomic mass is 35.5. The Bertz CT molecular complexity index is 896. The molecule has 0 bridgehead atoms. The van der Waals surface area contributed by atoms with Crippen molar-refractivity contribution in [3.63, 3.8) is 0 Å². The van der Waals surface area contributed by atoms with E-state index < -0.39 is 31.0 Å². The molecular weight excluding hydrogens is 508 g/mol. The summed E-state index contributed by atoms with van der Waals surface area (Å²) in [5, 5.41) is 2.81. The number of benzene rings is 1. The second-order valence-corrected chi connectivity index (χ2v) is 10.2. The van der Waals surface area contributed by atoms with Crippen molar-refractivity contribution in [2.45, 2.75) is 53.0 Å². The molecule has 192 valence electrons. The summed E-state index contributed by atoms with van der Waals surface area (Å²) in [6.45, 7) is 8.07. The van der Waals surface area contributed by atoms with Gasteiger partial charge in [0, 0.05) is 13.3 Å². The van der Waals surface area contributed by atoms with Crippen molar-refractivity contribution in [3.8, 4) is 0 Å². The molecule has 0 spiro atoms. The third-order valence-corrected chi connectivity index (χ3v) is 7.44. The average Bonchev–Trinajstić information content (AvgIpc) is 2.75. The lowest BCUT2D eigenvalue weighted by atomic mass is 9.87. The maximum absolute atomic E-state index is 13.0. The summed E-state index contributed by atoms with van der Waals surface area (Å²) in [5.74, 6) is -2.59. The van der Waals surface area contributed by atoms with Gasteiger partial charge in [-0.1, -0.05) is 23.2 Å². The first-order chi connectivity index (χ1) is 16.0. The molecule has 0 unspecified atom stereocenters. The number of ether oxygens (including phenoxy) is 2. The van der Waals surface area contributed by atoms with E-state index in [9.17, 15) is 18.9 Å². The van der Waals surface area contributed by atoms with Crippen molar-refractivity contribution in [1.82, 2.24) is 5.32 Å². The number of nitrogens with one attached hydrogen (secondary N) is 1. The van der Waals surface area contributed by atoms with Gasteiger partial charge in [0.05, 0.1) is 42.6 Å². The van der Waals surface area contributed by atoms with Crippen molar-refractivity contribution in [2.75, 3.05) is 32.6 Å². The van der Waals surface area contributed by atoms with Gasteiger partial charge in [-0.15, -0.1) is 0 Å². The van der Waals surface area contributed by atoms with Gasteiger partial charge in [0.25, 0.3) is 0 Å². The number of esters is 2. The van der Waals surface area contributed by atoms with Crippen LogP contribution in [0, 0.1) is 0 Å². The molecule has 1 aromatic carbocycles. The van der Waals surface area contributed by atoms with Gasteiger partial charge in [-0.05, 0) is 57.4 Å². The van der Waals surface area contributed by atoms with Crippen molar-refractivity contribution < 1.29 is 37.5 Å². The number of carbonyl (C=O) groups is 3. The lowest BCUT2D eigenvalue weighted by molar-refractivity contribution is -0.168. The third kappa shape index (κ3) is 8.24. The van der Waals surface area contributed by atoms with E-state index in [1.54, 1.807) is 33.8 Å². The molecule has 0 radical (unpaired) electrons. The molecule has 0 saturated carbocycles. The van der Waals surface area contributed by atoms with Gasteiger partial charge in [0.15, 0.2) is 0 Å². The highest BCUT2D eigenvalue weighted by Crippen LogP contribution is 2.48. The topological polar surface area (TPSA) is 117 Å². The Balaban J connectivity index is 3.55. The largest absolute Gasteiger partial charge is 0.464 e. The summed E-state index contributed by atoms with van der Waals surface area (Å²) in [4.78, 5) is 38.0. The molecule has 0 aliphatic carbocycles. The van der Waals surface area contributed by atoms with Gasteiger partial charge in [-0.2, -0.15) is 0 Å². The molecule has 0 heterocycles. The Hall–Kier alpha value is -1.64. The molecule has 9 nitrogen and oxygen atoms in total. The van der Waals surface area contributed by atoms with Gasteiger partial charge >= 0.3 is 19.5 Å². The van der Waals surface area contributed by atoms with Crippen LogP contribution in [0.4, 0.5) is 0 Å². The van der Waals surface area contributed by atoms with E-state index in [0.717, 1.165) is 0 Å². The number of hydrogen-bond donors (Lipinski definition) is 1. The van der Waals surface area contributed by atoms with Crippen LogP contribution >= 0.6 is 30.8 Å². The van der Waals surface area contributed by atoms with E-state index in [-0.39, 0.29) is 55.5 Å². The van der Waals surface area contributed by atoms with Gasteiger partial charge in [0.2, 0.25) is 11.4 Å². The SMILES string of the molecule is CCOC(=O)C(Cc1cc(Cl)c(Cl)cc1CCP(=O)(OCC)OCC)(NC(C)=O)C(=O)OCC. The smallest absolute Gasteiger partial charge is 0.344 e. The molecule has 1 N–H and O–H groups in total. The van der Waals surface area contributed by atoms with Crippen LogP contribution in [0.1, 0.15) is 45.7 Å². The zero-order valence-corrected chi connectivity index (χ0v) is 22.5. The lowest BCUT2D eigenvalue weighted by Crippen LogP contribution is -2.62. The summed E-state index contributed by atoms with van der Waals surface area (Å²) in [7, 11) is -3.39. The summed E-state index contributed by atoms with van der Waals surface area (Å²) < 4.78 is 33.9. The Morgan fingerprint density at radius 3 is 1.76 bits per heavy atom. The van der Waals surface area contributed by atoms with Gasteiger partial charge in [-0.25, -0.2) is 9.59 Å². The Labute approximate surface area is 210 Å². The molecule has 0 saturated heterocycles. The highest BCUT2D eigenvalue weighted by Gasteiger charge is 2.50. The molecule has 0 aliphatic rings. The van der Waals surface area contributed by atoms with Crippen LogP contribution in [0.15, 0.2) is 12.1 Å². The van der Waals surface area contributed by atoms with Crippen molar-refractivity contribution in [3.05, 3.63) is 33.3 Å².